The summed E-state index contributed by atoms with van der Waals surface area (Å²) in [5.74, 6) is 0.855. The first-order chi connectivity index (χ1) is 10.2. The van der Waals surface area contributed by atoms with Crippen LogP contribution >= 0.6 is 15.9 Å². The molecule has 112 valence electrons. The molecule has 0 radical (unpaired) electrons. The Morgan fingerprint density at radius 2 is 1.90 bits per heavy atom. The van der Waals surface area contributed by atoms with Gasteiger partial charge >= 0.3 is 0 Å². The van der Waals surface area contributed by atoms with Gasteiger partial charge in [0.15, 0.2) is 0 Å². The molecule has 0 aliphatic carbocycles. The molecule has 2 nitrogen and oxygen atoms in total. The van der Waals surface area contributed by atoms with Crippen LogP contribution in [0.15, 0.2) is 46.9 Å². The topological polar surface area (TPSA) is 21.3 Å². The molecule has 0 saturated carbocycles. The highest BCUT2D eigenvalue weighted by molar-refractivity contribution is 9.10. The summed E-state index contributed by atoms with van der Waals surface area (Å²) >= 11 is 3.56. The zero-order valence-corrected chi connectivity index (χ0v) is 14.4. The fraction of sp³-hybridized carbons (Fsp3) is 0.333. The van der Waals surface area contributed by atoms with E-state index < -0.39 is 0 Å². The predicted molar refractivity (Wildman–Crippen MR) is 92.0 cm³/mol. The zero-order chi connectivity index (χ0) is 15.2. The maximum Gasteiger partial charge on any atom is 0.133 e. The Balaban J connectivity index is 2.34. The lowest BCUT2D eigenvalue weighted by atomic mass is 9.96. The molecule has 2 aromatic rings. The first-order valence-electron chi connectivity index (χ1n) is 7.29. The SMILES string of the molecule is CCCc1cccc(C(NC)c2ccc(OC)c(Br)c2)c1. The average molecular weight is 348 g/mol. The molecule has 0 amide bonds. The summed E-state index contributed by atoms with van der Waals surface area (Å²) in [6.07, 6.45) is 2.29. The molecule has 0 bridgehead atoms. The van der Waals surface area contributed by atoms with Gasteiger partial charge in [-0.3, -0.25) is 0 Å². The van der Waals surface area contributed by atoms with Crippen LogP contribution in [0.3, 0.4) is 0 Å². The normalized spacial score (nSPS) is 12.2. The largest absolute Gasteiger partial charge is 0.496 e. The number of hydrogen-bond donors (Lipinski definition) is 1. The van der Waals surface area contributed by atoms with Crippen LogP contribution in [0, 0.1) is 0 Å². The number of halogens is 1. The molecule has 0 spiro atoms. The molecule has 21 heavy (non-hydrogen) atoms. The van der Waals surface area contributed by atoms with E-state index in [0.717, 1.165) is 16.6 Å². The van der Waals surface area contributed by atoms with E-state index in [-0.39, 0.29) is 6.04 Å². The van der Waals surface area contributed by atoms with Gasteiger partial charge in [-0.25, -0.2) is 0 Å². The van der Waals surface area contributed by atoms with Gasteiger partial charge in [0.1, 0.15) is 5.75 Å². The van der Waals surface area contributed by atoms with E-state index in [2.05, 4.69) is 64.6 Å². The van der Waals surface area contributed by atoms with E-state index in [1.165, 1.54) is 23.1 Å². The van der Waals surface area contributed by atoms with Gasteiger partial charge in [0.05, 0.1) is 17.6 Å². The van der Waals surface area contributed by atoms with E-state index in [1.54, 1.807) is 7.11 Å². The van der Waals surface area contributed by atoms with Crippen LogP contribution in [0.2, 0.25) is 0 Å². The number of aryl methyl sites for hydroxylation is 1. The third-order valence-electron chi connectivity index (χ3n) is 3.62. The van der Waals surface area contributed by atoms with E-state index in [9.17, 15) is 0 Å². The molecule has 0 fully saturated rings. The van der Waals surface area contributed by atoms with Crippen molar-refractivity contribution in [3.63, 3.8) is 0 Å². The number of ether oxygens (including phenoxy) is 1. The molecule has 0 saturated heterocycles. The molecule has 0 heterocycles. The van der Waals surface area contributed by atoms with Gasteiger partial charge in [0, 0.05) is 0 Å². The van der Waals surface area contributed by atoms with Crippen LogP contribution in [0.5, 0.6) is 5.75 Å². The highest BCUT2D eigenvalue weighted by Crippen LogP contribution is 2.30. The third kappa shape index (κ3) is 3.86. The zero-order valence-electron chi connectivity index (χ0n) is 12.8. The van der Waals surface area contributed by atoms with Gasteiger partial charge in [0.25, 0.3) is 0 Å². The molecule has 3 heteroatoms. The molecule has 0 aliphatic heterocycles. The molecule has 1 unspecified atom stereocenters. The summed E-state index contributed by atoms with van der Waals surface area (Å²) in [5, 5.41) is 3.41. The van der Waals surface area contributed by atoms with E-state index >= 15 is 0 Å². The van der Waals surface area contributed by atoms with Crippen molar-refractivity contribution in [3.05, 3.63) is 63.6 Å². The van der Waals surface area contributed by atoms with Crippen LogP contribution in [-0.2, 0) is 6.42 Å². The Kier molecular flexibility index (Phi) is 5.83. The van der Waals surface area contributed by atoms with Crippen molar-refractivity contribution in [1.82, 2.24) is 5.32 Å². The van der Waals surface area contributed by atoms with Crippen molar-refractivity contribution >= 4 is 15.9 Å². The van der Waals surface area contributed by atoms with Crippen molar-refractivity contribution in [2.75, 3.05) is 14.2 Å². The molecular formula is C18H22BrNO. The smallest absolute Gasteiger partial charge is 0.133 e. The lowest BCUT2D eigenvalue weighted by Gasteiger charge is -2.19. The predicted octanol–water partition coefficient (Wildman–Crippen LogP) is 4.72. The second kappa shape index (κ2) is 7.62. The lowest BCUT2D eigenvalue weighted by Crippen LogP contribution is -2.17. The fourth-order valence-electron chi connectivity index (χ4n) is 2.60. The van der Waals surface area contributed by atoms with Gasteiger partial charge in [-0.2, -0.15) is 0 Å². The molecule has 0 aliphatic rings. The number of hydrogen-bond acceptors (Lipinski definition) is 2. The van der Waals surface area contributed by atoms with Gasteiger partial charge in [-0.1, -0.05) is 43.7 Å². The Morgan fingerprint density at radius 1 is 1.14 bits per heavy atom. The maximum absolute atomic E-state index is 5.30. The van der Waals surface area contributed by atoms with Crippen LogP contribution in [0.1, 0.15) is 36.1 Å². The van der Waals surface area contributed by atoms with Gasteiger partial charge in [-0.15, -0.1) is 0 Å². The monoisotopic (exact) mass is 347 g/mol. The fourth-order valence-corrected chi connectivity index (χ4v) is 3.16. The van der Waals surface area contributed by atoms with Crippen LogP contribution in [-0.4, -0.2) is 14.2 Å². The number of benzene rings is 2. The van der Waals surface area contributed by atoms with Crippen LogP contribution in [0.4, 0.5) is 0 Å². The Labute approximate surface area is 135 Å². The third-order valence-corrected chi connectivity index (χ3v) is 4.24. The van der Waals surface area contributed by atoms with Crippen molar-refractivity contribution in [2.24, 2.45) is 0 Å². The van der Waals surface area contributed by atoms with E-state index in [0.29, 0.717) is 0 Å². The first-order valence-corrected chi connectivity index (χ1v) is 8.08. The van der Waals surface area contributed by atoms with Crippen LogP contribution < -0.4 is 10.1 Å². The molecular weight excluding hydrogens is 326 g/mol. The summed E-state index contributed by atoms with van der Waals surface area (Å²) in [7, 11) is 3.68. The van der Waals surface area contributed by atoms with Gasteiger partial charge in [-0.05, 0) is 58.2 Å². The molecule has 0 aromatic heterocycles. The number of methoxy groups -OCH3 is 1. The van der Waals surface area contributed by atoms with Crippen molar-refractivity contribution < 1.29 is 4.74 Å². The van der Waals surface area contributed by atoms with Gasteiger partial charge in [0.2, 0.25) is 0 Å². The minimum atomic E-state index is 0.184. The van der Waals surface area contributed by atoms with Crippen molar-refractivity contribution in [2.45, 2.75) is 25.8 Å². The second-order valence-corrected chi connectivity index (χ2v) is 5.97. The summed E-state index contributed by atoms with van der Waals surface area (Å²) in [6.45, 7) is 2.21. The Bertz CT molecular complexity index is 598. The highest BCUT2D eigenvalue weighted by Gasteiger charge is 2.14. The Morgan fingerprint density at radius 3 is 2.52 bits per heavy atom. The quantitative estimate of drug-likeness (QED) is 0.816. The van der Waals surface area contributed by atoms with E-state index in [1.807, 2.05) is 13.1 Å². The molecule has 2 rings (SSSR count). The van der Waals surface area contributed by atoms with Crippen molar-refractivity contribution in [3.8, 4) is 5.75 Å². The summed E-state index contributed by atoms with van der Waals surface area (Å²) in [5.41, 5.74) is 3.90. The lowest BCUT2D eigenvalue weighted by molar-refractivity contribution is 0.412. The van der Waals surface area contributed by atoms with E-state index in [4.69, 9.17) is 4.74 Å². The highest BCUT2D eigenvalue weighted by atomic mass is 79.9. The minimum Gasteiger partial charge on any atom is -0.496 e. The minimum absolute atomic E-state index is 0.184. The Hall–Kier alpha value is -1.32. The molecule has 2 aromatic carbocycles. The maximum atomic E-state index is 5.30. The summed E-state index contributed by atoms with van der Waals surface area (Å²) in [4.78, 5) is 0. The van der Waals surface area contributed by atoms with Crippen molar-refractivity contribution in [1.29, 1.82) is 0 Å². The summed E-state index contributed by atoms with van der Waals surface area (Å²) < 4.78 is 6.28. The molecule has 1 atom stereocenters. The number of rotatable bonds is 6. The first kappa shape index (κ1) is 16.1. The second-order valence-electron chi connectivity index (χ2n) is 5.11. The average Bonchev–Trinajstić information content (AvgIpc) is 2.49. The number of nitrogens with one attached hydrogen (secondary N) is 1. The van der Waals surface area contributed by atoms with Crippen LogP contribution in [0.25, 0.3) is 0 Å². The summed E-state index contributed by atoms with van der Waals surface area (Å²) in [6, 6.07) is 15.2. The standard InChI is InChI=1S/C18H22BrNO/c1-4-6-13-7-5-8-14(11-13)18(20-2)15-9-10-17(21-3)16(19)12-15/h5,7-12,18,20H,4,6H2,1-3H3. The van der Waals surface area contributed by atoms with Gasteiger partial charge < -0.3 is 10.1 Å². The molecule has 1 N–H and O–H groups in total.